The topological polar surface area (TPSA) is 74.8 Å². The molecule has 1 aliphatic rings. The molecular formula is C22H25N3O2S2. The third-order valence-electron chi connectivity index (χ3n) is 5.09. The highest BCUT2D eigenvalue weighted by Gasteiger charge is 2.19. The van der Waals surface area contributed by atoms with Gasteiger partial charge in [-0.3, -0.25) is 9.59 Å². The van der Waals surface area contributed by atoms with Crippen molar-refractivity contribution < 1.29 is 4.79 Å². The first-order chi connectivity index (χ1) is 14.0. The lowest BCUT2D eigenvalue weighted by Gasteiger charge is -2.09. The van der Waals surface area contributed by atoms with Crippen LogP contribution in [0.2, 0.25) is 0 Å². The van der Waals surface area contributed by atoms with Crippen LogP contribution in [0.15, 0.2) is 23.0 Å². The number of thioether (sulfide) groups is 1. The van der Waals surface area contributed by atoms with E-state index in [2.05, 4.69) is 21.4 Å². The zero-order chi connectivity index (χ0) is 20.4. The van der Waals surface area contributed by atoms with E-state index in [0.717, 1.165) is 46.3 Å². The molecule has 2 aromatic heterocycles. The molecule has 0 radical (unpaired) electrons. The van der Waals surface area contributed by atoms with E-state index in [1.807, 2.05) is 26.0 Å². The molecule has 0 atom stereocenters. The first-order valence-corrected chi connectivity index (χ1v) is 12.0. The molecule has 4 rings (SSSR count). The lowest BCUT2D eigenvalue weighted by molar-refractivity contribution is -0.115. The number of aromatic nitrogens is 2. The standard InChI is InChI=1S/C22H25N3O2S2/c1-13-9-14(2)11-15(10-13)23-19(26)7-8-28-12-18-24-21(27)20-16-5-3-4-6-17(16)29-22(20)25-18/h9-11H,3-8,12H2,1-2H3,(H,23,26)(H,24,25,27). The van der Waals surface area contributed by atoms with Gasteiger partial charge in [0.1, 0.15) is 10.7 Å². The molecule has 2 N–H and O–H groups in total. The molecule has 29 heavy (non-hydrogen) atoms. The number of amides is 1. The number of thiophene rings is 1. The van der Waals surface area contributed by atoms with Crippen LogP contribution in [0.25, 0.3) is 10.2 Å². The molecule has 0 unspecified atom stereocenters. The van der Waals surface area contributed by atoms with Crippen molar-refractivity contribution in [3.63, 3.8) is 0 Å². The normalized spacial score (nSPS) is 13.4. The number of aryl methyl sites for hydroxylation is 4. The van der Waals surface area contributed by atoms with Crippen LogP contribution in [0.3, 0.4) is 0 Å². The van der Waals surface area contributed by atoms with Crippen molar-refractivity contribution in [3.05, 3.63) is 55.9 Å². The highest BCUT2D eigenvalue weighted by atomic mass is 32.2. The number of carbonyl (C=O) groups is 1. The van der Waals surface area contributed by atoms with Crippen LogP contribution in [0.1, 0.15) is 46.7 Å². The van der Waals surface area contributed by atoms with Crippen LogP contribution >= 0.6 is 23.1 Å². The second-order valence-electron chi connectivity index (χ2n) is 7.63. The summed E-state index contributed by atoms with van der Waals surface area (Å²) >= 11 is 3.29. The molecule has 0 aliphatic heterocycles. The van der Waals surface area contributed by atoms with Gasteiger partial charge in [-0.15, -0.1) is 11.3 Å². The molecule has 0 saturated heterocycles. The second-order valence-corrected chi connectivity index (χ2v) is 9.82. The van der Waals surface area contributed by atoms with Crippen molar-refractivity contribution in [2.45, 2.75) is 51.7 Å². The first-order valence-electron chi connectivity index (χ1n) is 9.99. The van der Waals surface area contributed by atoms with Crippen LogP contribution in [-0.4, -0.2) is 21.6 Å². The van der Waals surface area contributed by atoms with Gasteiger partial charge in [0.2, 0.25) is 5.91 Å². The van der Waals surface area contributed by atoms with Crippen molar-refractivity contribution >= 4 is 44.9 Å². The molecule has 5 nitrogen and oxygen atoms in total. The van der Waals surface area contributed by atoms with E-state index >= 15 is 0 Å². The summed E-state index contributed by atoms with van der Waals surface area (Å²) in [7, 11) is 0. The first kappa shape index (κ1) is 20.2. The zero-order valence-electron chi connectivity index (χ0n) is 16.8. The second kappa shape index (κ2) is 8.71. The van der Waals surface area contributed by atoms with Crippen LogP contribution < -0.4 is 10.9 Å². The fourth-order valence-corrected chi connectivity index (χ4v) is 5.97. The Morgan fingerprint density at radius 3 is 2.76 bits per heavy atom. The average Bonchev–Trinajstić information content (AvgIpc) is 3.03. The number of nitrogens with one attached hydrogen (secondary N) is 2. The Bertz CT molecular complexity index is 1100. The number of carbonyl (C=O) groups excluding carboxylic acids is 1. The Kier molecular flexibility index (Phi) is 6.06. The number of hydrogen-bond donors (Lipinski definition) is 2. The maximum atomic E-state index is 12.6. The lowest BCUT2D eigenvalue weighted by Crippen LogP contribution is -2.14. The molecule has 3 aromatic rings. The summed E-state index contributed by atoms with van der Waals surface area (Å²) in [6.45, 7) is 4.04. The summed E-state index contributed by atoms with van der Waals surface area (Å²) in [5.41, 5.74) is 4.31. The minimum Gasteiger partial charge on any atom is -0.326 e. The Labute approximate surface area is 178 Å². The largest absolute Gasteiger partial charge is 0.326 e. The van der Waals surface area contributed by atoms with E-state index in [0.29, 0.717) is 23.8 Å². The monoisotopic (exact) mass is 427 g/mol. The fraction of sp³-hybridized carbons (Fsp3) is 0.409. The maximum Gasteiger partial charge on any atom is 0.259 e. The van der Waals surface area contributed by atoms with Gasteiger partial charge in [0.05, 0.1) is 11.1 Å². The van der Waals surface area contributed by atoms with Gasteiger partial charge < -0.3 is 10.3 Å². The van der Waals surface area contributed by atoms with E-state index < -0.39 is 0 Å². The van der Waals surface area contributed by atoms with Crippen LogP contribution in [0.4, 0.5) is 5.69 Å². The number of hydrogen-bond acceptors (Lipinski definition) is 5. The van der Waals surface area contributed by atoms with Crippen molar-refractivity contribution in [2.24, 2.45) is 0 Å². The Hall–Kier alpha value is -2.12. The summed E-state index contributed by atoms with van der Waals surface area (Å²) in [6, 6.07) is 6.03. The van der Waals surface area contributed by atoms with Gasteiger partial charge in [-0.05, 0) is 68.4 Å². The maximum absolute atomic E-state index is 12.6. The van der Waals surface area contributed by atoms with Crippen molar-refractivity contribution in [1.82, 2.24) is 9.97 Å². The number of anilines is 1. The molecule has 0 fully saturated rings. The Balaban J connectivity index is 1.33. The summed E-state index contributed by atoms with van der Waals surface area (Å²) in [6.07, 6.45) is 4.83. The molecule has 1 aliphatic carbocycles. The molecule has 2 heterocycles. The molecule has 0 saturated carbocycles. The predicted octanol–water partition coefficient (Wildman–Crippen LogP) is 4.74. The summed E-state index contributed by atoms with van der Waals surface area (Å²) in [5, 5.41) is 3.76. The fourth-order valence-electron chi connectivity index (χ4n) is 3.88. The predicted molar refractivity (Wildman–Crippen MR) is 122 cm³/mol. The molecule has 0 bridgehead atoms. The minimum atomic E-state index is -0.0161. The van der Waals surface area contributed by atoms with Crippen LogP contribution in [-0.2, 0) is 23.4 Å². The molecule has 152 valence electrons. The SMILES string of the molecule is Cc1cc(C)cc(NC(=O)CCSCc2nc3sc4c(c3c(=O)[nH]2)CCCC4)c1. The van der Waals surface area contributed by atoms with Gasteiger partial charge in [-0.2, -0.15) is 11.8 Å². The minimum absolute atomic E-state index is 0.00494. The number of fused-ring (bicyclic) bond motifs is 3. The zero-order valence-corrected chi connectivity index (χ0v) is 18.4. The van der Waals surface area contributed by atoms with Crippen molar-refractivity contribution in [3.8, 4) is 0 Å². The lowest BCUT2D eigenvalue weighted by atomic mass is 9.97. The van der Waals surface area contributed by atoms with E-state index in [1.54, 1.807) is 23.1 Å². The quantitative estimate of drug-likeness (QED) is 0.557. The van der Waals surface area contributed by atoms with Crippen LogP contribution in [0.5, 0.6) is 0 Å². The highest BCUT2D eigenvalue weighted by molar-refractivity contribution is 7.98. The van der Waals surface area contributed by atoms with E-state index in [9.17, 15) is 9.59 Å². The van der Waals surface area contributed by atoms with Gasteiger partial charge in [0, 0.05) is 22.7 Å². The van der Waals surface area contributed by atoms with Gasteiger partial charge in [-0.1, -0.05) is 6.07 Å². The molecule has 1 amide bonds. The number of rotatable bonds is 6. The van der Waals surface area contributed by atoms with Crippen molar-refractivity contribution in [2.75, 3.05) is 11.1 Å². The van der Waals surface area contributed by atoms with E-state index in [-0.39, 0.29) is 11.5 Å². The molecule has 0 spiro atoms. The molecule has 1 aromatic carbocycles. The average molecular weight is 428 g/mol. The molecular weight excluding hydrogens is 402 g/mol. The number of benzene rings is 1. The summed E-state index contributed by atoms with van der Waals surface area (Å²) in [5.74, 6) is 1.98. The highest BCUT2D eigenvalue weighted by Crippen LogP contribution is 2.33. The summed E-state index contributed by atoms with van der Waals surface area (Å²) < 4.78 is 0. The Morgan fingerprint density at radius 2 is 1.97 bits per heavy atom. The van der Waals surface area contributed by atoms with Gasteiger partial charge in [-0.25, -0.2) is 4.98 Å². The third-order valence-corrected chi connectivity index (χ3v) is 7.25. The summed E-state index contributed by atoms with van der Waals surface area (Å²) in [4.78, 5) is 34.6. The third kappa shape index (κ3) is 4.73. The number of aromatic amines is 1. The van der Waals surface area contributed by atoms with Gasteiger partial charge >= 0.3 is 0 Å². The van der Waals surface area contributed by atoms with Gasteiger partial charge in [0.15, 0.2) is 0 Å². The van der Waals surface area contributed by atoms with Crippen molar-refractivity contribution in [1.29, 1.82) is 0 Å². The Morgan fingerprint density at radius 1 is 1.21 bits per heavy atom. The number of nitrogens with zero attached hydrogens (tertiary/aromatic N) is 1. The van der Waals surface area contributed by atoms with E-state index in [1.165, 1.54) is 16.9 Å². The molecule has 7 heteroatoms. The van der Waals surface area contributed by atoms with Crippen LogP contribution in [0, 0.1) is 13.8 Å². The van der Waals surface area contributed by atoms with Gasteiger partial charge in [0.25, 0.3) is 5.56 Å². The smallest absolute Gasteiger partial charge is 0.259 e. The van der Waals surface area contributed by atoms with E-state index in [4.69, 9.17) is 0 Å². The number of H-pyrrole nitrogens is 1.